The Hall–Kier alpha value is -3.44. The molecule has 4 nitrogen and oxygen atoms in total. The van der Waals surface area contributed by atoms with Gasteiger partial charge >= 0.3 is 0 Å². The first-order valence-corrected chi connectivity index (χ1v) is 11.1. The molecule has 0 aliphatic heterocycles. The maximum Gasteiger partial charge on any atom is 0.260 e. The number of benzene rings is 3. The van der Waals surface area contributed by atoms with E-state index in [-0.39, 0.29) is 5.91 Å². The van der Waals surface area contributed by atoms with E-state index >= 15 is 0 Å². The molecule has 0 unspecified atom stereocenters. The van der Waals surface area contributed by atoms with Crippen molar-refractivity contribution >= 4 is 43.4 Å². The van der Waals surface area contributed by atoms with Gasteiger partial charge in [-0.05, 0) is 52.6 Å². The highest BCUT2D eigenvalue weighted by atomic mass is 32.1. The van der Waals surface area contributed by atoms with Gasteiger partial charge in [0.2, 0.25) is 0 Å². The second kappa shape index (κ2) is 8.00. The summed E-state index contributed by atoms with van der Waals surface area (Å²) in [6.45, 7) is 4.65. The lowest BCUT2D eigenvalue weighted by molar-refractivity contribution is 0.0983. The SMILES string of the molecule is CC(C)c1cccc2sc(N(Cc3ccco3)C(=O)c3ccc4ccccc4c3)nc12. The summed E-state index contributed by atoms with van der Waals surface area (Å²) in [5.41, 5.74) is 2.79. The topological polar surface area (TPSA) is 46.3 Å². The van der Waals surface area contributed by atoms with Crippen LogP contribution in [0, 0.1) is 0 Å². The van der Waals surface area contributed by atoms with E-state index in [1.807, 2.05) is 54.6 Å². The molecule has 0 radical (unpaired) electrons. The van der Waals surface area contributed by atoms with Crippen molar-refractivity contribution in [2.45, 2.75) is 26.3 Å². The van der Waals surface area contributed by atoms with Gasteiger partial charge in [-0.1, -0.05) is 67.6 Å². The average Bonchev–Trinajstić information content (AvgIpc) is 3.45. The summed E-state index contributed by atoms with van der Waals surface area (Å²) in [4.78, 5) is 20.3. The van der Waals surface area contributed by atoms with Crippen LogP contribution in [0.15, 0.2) is 83.5 Å². The molecule has 31 heavy (non-hydrogen) atoms. The first-order chi connectivity index (χ1) is 15.1. The van der Waals surface area contributed by atoms with E-state index in [1.165, 1.54) is 16.9 Å². The highest BCUT2D eigenvalue weighted by molar-refractivity contribution is 7.22. The molecule has 0 saturated carbocycles. The predicted octanol–water partition coefficient (Wildman–Crippen LogP) is 7.01. The lowest BCUT2D eigenvalue weighted by Gasteiger charge is -2.19. The van der Waals surface area contributed by atoms with Gasteiger partial charge in [-0.3, -0.25) is 9.69 Å². The summed E-state index contributed by atoms with van der Waals surface area (Å²) in [6, 6.07) is 23.8. The zero-order valence-corrected chi connectivity index (χ0v) is 18.2. The van der Waals surface area contributed by atoms with Crippen molar-refractivity contribution in [3.8, 4) is 0 Å². The van der Waals surface area contributed by atoms with Gasteiger partial charge < -0.3 is 4.42 Å². The van der Waals surface area contributed by atoms with Crippen LogP contribution in [0.5, 0.6) is 0 Å². The van der Waals surface area contributed by atoms with Crippen LogP contribution >= 0.6 is 11.3 Å². The van der Waals surface area contributed by atoms with Crippen LogP contribution < -0.4 is 4.90 Å². The molecule has 2 heterocycles. The molecule has 0 fully saturated rings. The molecule has 154 valence electrons. The minimum Gasteiger partial charge on any atom is -0.467 e. The number of rotatable bonds is 5. The van der Waals surface area contributed by atoms with Gasteiger partial charge in [0.15, 0.2) is 5.13 Å². The number of thiazole rings is 1. The van der Waals surface area contributed by atoms with E-state index in [0.717, 1.165) is 26.7 Å². The summed E-state index contributed by atoms with van der Waals surface area (Å²) < 4.78 is 6.64. The summed E-state index contributed by atoms with van der Waals surface area (Å²) in [5, 5.41) is 2.83. The molecule has 5 heteroatoms. The Kier molecular flexibility index (Phi) is 5.04. The second-order valence-electron chi connectivity index (χ2n) is 7.88. The maximum absolute atomic E-state index is 13.7. The van der Waals surface area contributed by atoms with Crippen LogP contribution in [0.1, 0.15) is 41.4 Å². The van der Waals surface area contributed by atoms with Crippen molar-refractivity contribution in [2.24, 2.45) is 0 Å². The fourth-order valence-corrected chi connectivity index (χ4v) is 4.80. The Bertz CT molecular complexity index is 1370. The minimum absolute atomic E-state index is 0.0905. The van der Waals surface area contributed by atoms with Crippen molar-refractivity contribution in [1.82, 2.24) is 4.98 Å². The summed E-state index contributed by atoms with van der Waals surface area (Å²) >= 11 is 1.54. The number of nitrogens with zero attached hydrogens (tertiary/aromatic N) is 2. The van der Waals surface area contributed by atoms with Gasteiger partial charge in [-0.25, -0.2) is 4.98 Å². The van der Waals surface area contributed by atoms with Crippen molar-refractivity contribution < 1.29 is 9.21 Å². The average molecular weight is 427 g/mol. The van der Waals surface area contributed by atoms with E-state index in [0.29, 0.717) is 23.2 Å². The van der Waals surface area contributed by atoms with Crippen molar-refractivity contribution in [3.05, 3.63) is 95.9 Å². The van der Waals surface area contributed by atoms with E-state index in [9.17, 15) is 4.79 Å². The zero-order chi connectivity index (χ0) is 21.4. The van der Waals surface area contributed by atoms with Crippen LogP contribution in [0.25, 0.3) is 21.0 Å². The molecule has 2 aromatic heterocycles. The largest absolute Gasteiger partial charge is 0.467 e. The van der Waals surface area contributed by atoms with E-state index in [2.05, 4.69) is 32.0 Å². The molecule has 0 N–H and O–H groups in total. The fourth-order valence-electron chi connectivity index (χ4n) is 3.80. The lowest BCUT2D eigenvalue weighted by atomic mass is 10.0. The Morgan fingerprint density at radius 2 is 1.84 bits per heavy atom. The maximum atomic E-state index is 13.7. The first kappa shape index (κ1) is 19.5. The number of fused-ring (bicyclic) bond motifs is 2. The van der Waals surface area contributed by atoms with Crippen molar-refractivity contribution in [1.29, 1.82) is 0 Å². The van der Waals surface area contributed by atoms with Gasteiger partial charge in [-0.2, -0.15) is 0 Å². The molecule has 0 saturated heterocycles. The van der Waals surface area contributed by atoms with Crippen LogP contribution in [0.2, 0.25) is 0 Å². The molecule has 5 aromatic rings. The van der Waals surface area contributed by atoms with Crippen LogP contribution in [0.4, 0.5) is 5.13 Å². The van der Waals surface area contributed by atoms with Crippen LogP contribution in [-0.2, 0) is 6.54 Å². The molecular weight excluding hydrogens is 404 g/mol. The molecule has 3 aromatic carbocycles. The van der Waals surface area contributed by atoms with Gasteiger partial charge in [-0.15, -0.1) is 0 Å². The number of aromatic nitrogens is 1. The van der Waals surface area contributed by atoms with Gasteiger partial charge in [0.25, 0.3) is 5.91 Å². The highest BCUT2D eigenvalue weighted by Gasteiger charge is 2.24. The quantitative estimate of drug-likeness (QED) is 0.303. The van der Waals surface area contributed by atoms with Crippen LogP contribution in [0.3, 0.4) is 0 Å². The fraction of sp³-hybridized carbons (Fsp3) is 0.154. The Balaban J connectivity index is 1.60. The Morgan fingerprint density at radius 1 is 1.00 bits per heavy atom. The first-order valence-electron chi connectivity index (χ1n) is 10.3. The third-order valence-corrected chi connectivity index (χ3v) is 6.47. The van der Waals surface area contributed by atoms with Gasteiger partial charge in [0, 0.05) is 5.56 Å². The van der Waals surface area contributed by atoms with Gasteiger partial charge in [0.05, 0.1) is 23.0 Å². The summed E-state index contributed by atoms with van der Waals surface area (Å²) in [5.74, 6) is 0.984. The van der Waals surface area contributed by atoms with E-state index in [1.54, 1.807) is 11.2 Å². The van der Waals surface area contributed by atoms with Crippen LogP contribution in [-0.4, -0.2) is 10.9 Å². The normalized spacial score (nSPS) is 11.5. The third-order valence-electron chi connectivity index (χ3n) is 5.43. The number of anilines is 1. The smallest absolute Gasteiger partial charge is 0.260 e. The standard InChI is InChI=1S/C26H22N2O2S/c1-17(2)22-10-5-11-23-24(22)27-26(31-23)28(16-21-9-6-14-30-21)25(29)20-13-12-18-7-3-4-8-19(18)15-20/h3-15,17H,16H2,1-2H3. The molecule has 0 aliphatic carbocycles. The monoisotopic (exact) mass is 426 g/mol. The molecule has 1 amide bonds. The highest BCUT2D eigenvalue weighted by Crippen LogP contribution is 2.35. The van der Waals surface area contributed by atoms with Crippen molar-refractivity contribution in [3.63, 3.8) is 0 Å². The Morgan fingerprint density at radius 3 is 2.61 bits per heavy atom. The molecule has 5 rings (SSSR count). The minimum atomic E-state index is -0.0905. The summed E-state index contributed by atoms with van der Waals surface area (Å²) in [7, 11) is 0. The number of furan rings is 1. The molecule has 0 aliphatic rings. The molecule has 0 atom stereocenters. The second-order valence-corrected chi connectivity index (χ2v) is 8.89. The third kappa shape index (κ3) is 3.73. The Labute approximate surface area is 184 Å². The molecular formula is C26H22N2O2S. The summed E-state index contributed by atoms with van der Waals surface area (Å²) in [6.07, 6.45) is 1.63. The van der Waals surface area contributed by atoms with E-state index < -0.39 is 0 Å². The molecule has 0 spiro atoms. The number of carbonyl (C=O) groups excluding carboxylic acids is 1. The zero-order valence-electron chi connectivity index (χ0n) is 17.4. The number of hydrogen-bond donors (Lipinski definition) is 0. The number of hydrogen-bond acceptors (Lipinski definition) is 4. The predicted molar refractivity (Wildman–Crippen MR) is 127 cm³/mol. The number of carbonyl (C=O) groups is 1. The number of amides is 1. The van der Waals surface area contributed by atoms with Gasteiger partial charge in [0.1, 0.15) is 5.76 Å². The van der Waals surface area contributed by atoms with Crippen molar-refractivity contribution in [2.75, 3.05) is 4.90 Å². The van der Waals surface area contributed by atoms with E-state index in [4.69, 9.17) is 9.40 Å². The lowest BCUT2D eigenvalue weighted by Crippen LogP contribution is -2.30. The number of para-hydroxylation sites is 1. The molecule has 0 bridgehead atoms.